The number of nitrogens with two attached hydrogens (primary N) is 1. The quantitative estimate of drug-likeness (QED) is 0.471. The summed E-state index contributed by atoms with van der Waals surface area (Å²) in [6.07, 6.45) is 0. The molecular weight excluding hydrogens is 370 g/mol. The minimum absolute atomic E-state index is 0.182. The number of hydrogen-bond donors (Lipinski definition) is 2. The molecule has 0 bridgehead atoms. The highest BCUT2D eigenvalue weighted by atomic mass is 127. The SMILES string of the molecule is CCOc1ccc(C(NN)c2ccc(F)cc2I)cc1. The average Bonchev–Trinajstić information content (AvgIpc) is 2.44. The van der Waals surface area contributed by atoms with Crippen LogP contribution in [0.1, 0.15) is 24.1 Å². The summed E-state index contributed by atoms with van der Waals surface area (Å²) >= 11 is 2.11. The highest BCUT2D eigenvalue weighted by Crippen LogP contribution is 2.27. The van der Waals surface area contributed by atoms with Crippen molar-refractivity contribution in [3.05, 3.63) is 63.0 Å². The Balaban J connectivity index is 2.31. The van der Waals surface area contributed by atoms with Crippen LogP contribution in [0.3, 0.4) is 0 Å². The molecule has 1 atom stereocenters. The van der Waals surface area contributed by atoms with E-state index in [0.29, 0.717) is 6.61 Å². The van der Waals surface area contributed by atoms with E-state index < -0.39 is 0 Å². The van der Waals surface area contributed by atoms with Crippen molar-refractivity contribution >= 4 is 22.6 Å². The Bertz CT molecular complexity index is 575. The summed E-state index contributed by atoms with van der Waals surface area (Å²) in [5.74, 6) is 6.23. The highest BCUT2D eigenvalue weighted by Gasteiger charge is 2.15. The molecule has 0 fully saturated rings. The Morgan fingerprint density at radius 2 is 1.95 bits per heavy atom. The number of hydrogen-bond acceptors (Lipinski definition) is 3. The first-order chi connectivity index (χ1) is 9.65. The van der Waals surface area contributed by atoms with Gasteiger partial charge in [0.2, 0.25) is 0 Å². The molecule has 0 saturated heterocycles. The average molecular weight is 386 g/mol. The van der Waals surface area contributed by atoms with E-state index in [9.17, 15) is 4.39 Å². The largest absolute Gasteiger partial charge is 0.494 e. The highest BCUT2D eigenvalue weighted by molar-refractivity contribution is 14.1. The van der Waals surface area contributed by atoms with Gasteiger partial charge in [0, 0.05) is 3.57 Å². The summed E-state index contributed by atoms with van der Waals surface area (Å²) in [5.41, 5.74) is 4.72. The van der Waals surface area contributed by atoms with E-state index in [1.54, 1.807) is 6.07 Å². The number of nitrogens with one attached hydrogen (secondary N) is 1. The van der Waals surface area contributed by atoms with Gasteiger partial charge in [-0.1, -0.05) is 18.2 Å². The fourth-order valence-electron chi connectivity index (χ4n) is 2.02. The van der Waals surface area contributed by atoms with Crippen LogP contribution in [0.2, 0.25) is 0 Å². The van der Waals surface area contributed by atoms with Gasteiger partial charge in [-0.05, 0) is 64.9 Å². The maximum absolute atomic E-state index is 13.2. The van der Waals surface area contributed by atoms with Gasteiger partial charge in [0.1, 0.15) is 11.6 Å². The zero-order chi connectivity index (χ0) is 14.5. The molecule has 2 aromatic carbocycles. The third kappa shape index (κ3) is 3.47. The summed E-state index contributed by atoms with van der Waals surface area (Å²) in [5, 5.41) is 0. The monoisotopic (exact) mass is 386 g/mol. The van der Waals surface area contributed by atoms with E-state index >= 15 is 0 Å². The van der Waals surface area contributed by atoms with Gasteiger partial charge in [0.25, 0.3) is 0 Å². The Hall–Kier alpha value is -1.18. The molecule has 0 aliphatic carbocycles. The summed E-state index contributed by atoms with van der Waals surface area (Å²) in [7, 11) is 0. The normalized spacial score (nSPS) is 12.2. The van der Waals surface area contributed by atoms with Gasteiger partial charge in [-0.2, -0.15) is 0 Å². The van der Waals surface area contributed by atoms with Crippen molar-refractivity contribution in [2.45, 2.75) is 13.0 Å². The van der Waals surface area contributed by atoms with Crippen LogP contribution in [0.4, 0.5) is 4.39 Å². The smallest absolute Gasteiger partial charge is 0.124 e. The van der Waals surface area contributed by atoms with Crippen LogP contribution < -0.4 is 16.0 Å². The first kappa shape index (κ1) is 15.2. The van der Waals surface area contributed by atoms with Crippen LogP contribution in [0.25, 0.3) is 0 Å². The van der Waals surface area contributed by atoms with Crippen LogP contribution in [-0.4, -0.2) is 6.61 Å². The molecule has 106 valence electrons. The lowest BCUT2D eigenvalue weighted by atomic mass is 9.99. The van der Waals surface area contributed by atoms with Crippen molar-refractivity contribution in [2.24, 2.45) is 5.84 Å². The lowest BCUT2D eigenvalue weighted by molar-refractivity contribution is 0.340. The topological polar surface area (TPSA) is 47.3 Å². The third-order valence-corrected chi connectivity index (χ3v) is 3.90. The Labute approximate surface area is 131 Å². The van der Waals surface area contributed by atoms with Crippen LogP contribution in [0.5, 0.6) is 5.75 Å². The van der Waals surface area contributed by atoms with Gasteiger partial charge in [-0.25, -0.2) is 9.82 Å². The van der Waals surface area contributed by atoms with E-state index in [4.69, 9.17) is 10.6 Å². The summed E-state index contributed by atoms with van der Waals surface area (Å²) in [6, 6.07) is 12.2. The minimum atomic E-state index is -0.249. The Kier molecular flexibility index (Phi) is 5.33. The van der Waals surface area contributed by atoms with E-state index in [1.807, 2.05) is 31.2 Å². The fourth-order valence-corrected chi connectivity index (χ4v) is 2.81. The van der Waals surface area contributed by atoms with E-state index in [0.717, 1.165) is 20.4 Å². The lowest BCUT2D eigenvalue weighted by Crippen LogP contribution is -2.29. The first-order valence-electron chi connectivity index (χ1n) is 6.29. The molecule has 0 aliphatic heterocycles. The number of rotatable bonds is 5. The molecule has 0 spiro atoms. The molecule has 0 aromatic heterocycles. The van der Waals surface area contributed by atoms with E-state index in [1.165, 1.54) is 12.1 Å². The van der Waals surface area contributed by atoms with Crippen molar-refractivity contribution < 1.29 is 9.13 Å². The second kappa shape index (κ2) is 7.01. The zero-order valence-corrected chi connectivity index (χ0v) is 13.2. The van der Waals surface area contributed by atoms with Crippen LogP contribution in [0, 0.1) is 9.39 Å². The van der Waals surface area contributed by atoms with Gasteiger partial charge in [0.05, 0.1) is 12.6 Å². The van der Waals surface area contributed by atoms with Gasteiger partial charge >= 0.3 is 0 Å². The van der Waals surface area contributed by atoms with E-state index in [-0.39, 0.29) is 11.9 Å². The Morgan fingerprint density at radius 3 is 2.50 bits per heavy atom. The molecule has 3 N–H and O–H groups in total. The maximum atomic E-state index is 13.2. The molecule has 20 heavy (non-hydrogen) atoms. The molecule has 0 amide bonds. The van der Waals surface area contributed by atoms with Crippen LogP contribution >= 0.6 is 22.6 Å². The van der Waals surface area contributed by atoms with Crippen molar-refractivity contribution in [1.82, 2.24) is 5.43 Å². The second-order valence-electron chi connectivity index (χ2n) is 4.27. The maximum Gasteiger partial charge on any atom is 0.124 e. The molecule has 2 aromatic rings. The molecular formula is C15H16FIN2O. The van der Waals surface area contributed by atoms with Crippen molar-refractivity contribution in [3.63, 3.8) is 0 Å². The lowest BCUT2D eigenvalue weighted by Gasteiger charge is -2.19. The van der Waals surface area contributed by atoms with Gasteiger partial charge < -0.3 is 4.74 Å². The first-order valence-corrected chi connectivity index (χ1v) is 7.37. The summed E-state index contributed by atoms with van der Waals surface area (Å²) in [6.45, 7) is 2.58. The predicted octanol–water partition coefficient (Wildman–Crippen LogP) is 3.38. The minimum Gasteiger partial charge on any atom is -0.494 e. The Morgan fingerprint density at radius 1 is 1.25 bits per heavy atom. The van der Waals surface area contributed by atoms with Crippen LogP contribution in [-0.2, 0) is 0 Å². The molecule has 0 heterocycles. The van der Waals surface area contributed by atoms with Crippen LogP contribution in [0.15, 0.2) is 42.5 Å². The number of benzene rings is 2. The predicted molar refractivity (Wildman–Crippen MR) is 85.9 cm³/mol. The van der Waals surface area contributed by atoms with Crippen molar-refractivity contribution in [2.75, 3.05) is 6.61 Å². The van der Waals surface area contributed by atoms with Crippen molar-refractivity contribution in [3.8, 4) is 5.75 Å². The number of hydrazine groups is 1. The molecule has 0 radical (unpaired) electrons. The molecule has 2 rings (SSSR count). The van der Waals surface area contributed by atoms with Gasteiger partial charge in [-0.15, -0.1) is 0 Å². The summed E-state index contributed by atoms with van der Waals surface area (Å²) in [4.78, 5) is 0. The van der Waals surface area contributed by atoms with Gasteiger partial charge in [-0.3, -0.25) is 5.84 Å². The fraction of sp³-hybridized carbons (Fsp3) is 0.200. The summed E-state index contributed by atoms with van der Waals surface area (Å²) < 4.78 is 19.4. The van der Waals surface area contributed by atoms with E-state index in [2.05, 4.69) is 28.0 Å². The molecule has 0 saturated carbocycles. The molecule has 3 nitrogen and oxygen atoms in total. The van der Waals surface area contributed by atoms with Gasteiger partial charge in [0.15, 0.2) is 0 Å². The molecule has 1 unspecified atom stereocenters. The second-order valence-corrected chi connectivity index (χ2v) is 5.43. The van der Waals surface area contributed by atoms with Crippen molar-refractivity contribution in [1.29, 1.82) is 0 Å². The molecule has 5 heteroatoms. The number of ether oxygens (including phenoxy) is 1. The molecule has 0 aliphatic rings. The third-order valence-electron chi connectivity index (χ3n) is 2.96. The number of halogens is 2. The standard InChI is InChI=1S/C15H16FIN2O/c1-2-20-12-6-3-10(4-7-12)15(19-18)13-8-5-11(16)9-14(13)17/h3-9,15,19H,2,18H2,1H3. The zero-order valence-electron chi connectivity index (χ0n) is 11.1.